The van der Waals surface area contributed by atoms with Crippen molar-refractivity contribution in [1.82, 2.24) is 5.32 Å². The normalized spacial score (nSPS) is 27.2. The molecule has 2 heteroatoms. The predicted octanol–water partition coefficient (Wildman–Crippen LogP) is 4.08. The number of ether oxygens (including phenoxy) is 1. The second-order valence-corrected chi connectivity index (χ2v) is 6.57. The van der Waals surface area contributed by atoms with Crippen LogP contribution < -0.4 is 5.32 Å². The van der Waals surface area contributed by atoms with Gasteiger partial charge in [-0.15, -0.1) is 0 Å². The van der Waals surface area contributed by atoms with E-state index in [0.717, 1.165) is 12.8 Å². The lowest BCUT2D eigenvalue weighted by molar-refractivity contribution is -0.0181. The lowest BCUT2D eigenvalue weighted by atomic mass is 9.98. The van der Waals surface area contributed by atoms with Crippen molar-refractivity contribution in [2.24, 2.45) is 0 Å². The highest BCUT2D eigenvalue weighted by Crippen LogP contribution is 2.34. The van der Waals surface area contributed by atoms with Gasteiger partial charge in [-0.05, 0) is 36.8 Å². The Kier molecular flexibility index (Phi) is 3.96. The molecule has 4 rings (SSSR count). The van der Waals surface area contributed by atoms with Gasteiger partial charge in [0.05, 0.1) is 6.10 Å². The largest absolute Gasteiger partial charge is 0.365 e. The van der Waals surface area contributed by atoms with E-state index in [1.807, 2.05) is 0 Å². The van der Waals surface area contributed by atoms with Crippen LogP contribution in [0.25, 0.3) is 0 Å². The van der Waals surface area contributed by atoms with Gasteiger partial charge < -0.3 is 10.1 Å². The summed E-state index contributed by atoms with van der Waals surface area (Å²) in [5.41, 5.74) is 2.50. The van der Waals surface area contributed by atoms with Gasteiger partial charge in [0.25, 0.3) is 0 Å². The molecule has 2 aliphatic heterocycles. The van der Waals surface area contributed by atoms with E-state index < -0.39 is 0 Å². The summed E-state index contributed by atoms with van der Waals surface area (Å²) in [5, 5.41) is 3.69. The third kappa shape index (κ3) is 2.94. The van der Waals surface area contributed by atoms with Crippen LogP contribution in [0.1, 0.15) is 42.9 Å². The van der Waals surface area contributed by atoms with E-state index in [1.54, 1.807) is 0 Å². The first kappa shape index (κ1) is 14.0. The number of benzene rings is 2. The van der Waals surface area contributed by atoms with Gasteiger partial charge in [0.2, 0.25) is 0 Å². The van der Waals surface area contributed by atoms with Crippen LogP contribution >= 0.6 is 0 Å². The molecule has 2 bridgehead atoms. The van der Waals surface area contributed by atoms with Gasteiger partial charge in [0.15, 0.2) is 0 Å². The highest BCUT2D eigenvalue weighted by molar-refractivity contribution is 5.30. The van der Waals surface area contributed by atoms with Crippen molar-refractivity contribution in [1.29, 1.82) is 0 Å². The lowest BCUT2D eigenvalue weighted by Gasteiger charge is -2.32. The second kappa shape index (κ2) is 6.23. The Hall–Kier alpha value is -1.64. The molecule has 1 N–H and O–H groups in total. The number of piperidine rings is 1. The molecule has 2 heterocycles. The molecule has 22 heavy (non-hydrogen) atoms. The maximum atomic E-state index is 6.60. The fourth-order valence-corrected chi connectivity index (χ4v) is 3.91. The minimum Gasteiger partial charge on any atom is -0.365 e. The highest BCUT2D eigenvalue weighted by Gasteiger charge is 2.35. The Morgan fingerprint density at radius 1 is 0.773 bits per heavy atom. The molecule has 3 atom stereocenters. The van der Waals surface area contributed by atoms with Crippen molar-refractivity contribution in [3.05, 3.63) is 71.8 Å². The van der Waals surface area contributed by atoms with Crippen LogP contribution in [0.15, 0.2) is 60.7 Å². The standard InChI is InChI=1S/C20H23NO/c1-3-7-15(8-4-1)20(16-9-5-2-6-10-16)22-19-13-17-11-12-18(14-19)21-17/h1-10,17-21H,11-14H2/t17-,18+,19+. The topological polar surface area (TPSA) is 21.3 Å². The summed E-state index contributed by atoms with van der Waals surface area (Å²) < 4.78 is 6.60. The van der Waals surface area contributed by atoms with Gasteiger partial charge in [0, 0.05) is 12.1 Å². The Morgan fingerprint density at radius 2 is 1.27 bits per heavy atom. The predicted molar refractivity (Wildman–Crippen MR) is 88.8 cm³/mol. The van der Waals surface area contributed by atoms with Crippen LogP contribution in [-0.4, -0.2) is 18.2 Å². The van der Waals surface area contributed by atoms with E-state index in [-0.39, 0.29) is 6.10 Å². The zero-order valence-corrected chi connectivity index (χ0v) is 12.8. The molecule has 0 saturated carbocycles. The van der Waals surface area contributed by atoms with Crippen LogP contribution in [0.2, 0.25) is 0 Å². The summed E-state index contributed by atoms with van der Waals surface area (Å²) >= 11 is 0. The summed E-state index contributed by atoms with van der Waals surface area (Å²) in [6.07, 6.45) is 5.32. The Labute approximate surface area is 132 Å². The van der Waals surface area contributed by atoms with Crippen molar-refractivity contribution in [3.8, 4) is 0 Å². The molecule has 2 aromatic rings. The Bertz CT molecular complexity index is 546. The van der Waals surface area contributed by atoms with Crippen LogP contribution in [0, 0.1) is 0 Å². The zero-order chi connectivity index (χ0) is 14.8. The molecule has 0 unspecified atom stereocenters. The van der Waals surface area contributed by atoms with Gasteiger partial charge in [0.1, 0.15) is 6.10 Å². The monoisotopic (exact) mass is 293 g/mol. The first-order valence-electron chi connectivity index (χ1n) is 8.40. The molecule has 2 aromatic carbocycles. The molecule has 0 aromatic heterocycles. The van der Waals surface area contributed by atoms with E-state index >= 15 is 0 Å². The summed E-state index contributed by atoms with van der Waals surface area (Å²) in [6, 6.07) is 22.5. The van der Waals surface area contributed by atoms with Crippen LogP contribution in [0.3, 0.4) is 0 Å². The smallest absolute Gasteiger partial charge is 0.108 e. The Morgan fingerprint density at radius 3 is 1.77 bits per heavy atom. The highest BCUT2D eigenvalue weighted by atomic mass is 16.5. The molecule has 2 nitrogen and oxygen atoms in total. The molecule has 0 aliphatic carbocycles. The molecule has 2 saturated heterocycles. The van der Waals surface area contributed by atoms with Crippen molar-refractivity contribution in [2.45, 2.75) is 50.0 Å². The fourth-order valence-electron chi connectivity index (χ4n) is 3.91. The van der Waals surface area contributed by atoms with Crippen molar-refractivity contribution < 1.29 is 4.74 Å². The average Bonchev–Trinajstić information content (AvgIpc) is 2.93. The number of rotatable bonds is 4. The molecule has 114 valence electrons. The van der Waals surface area contributed by atoms with E-state index in [2.05, 4.69) is 66.0 Å². The SMILES string of the molecule is c1ccc(C(O[C@H]2C[C@H]3CC[C@@H](C2)N3)c2ccccc2)cc1. The maximum Gasteiger partial charge on any atom is 0.108 e. The maximum absolute atomic E-state index is 6.60. The molecular formula is C20H23NO. The molecule has 0 spiro atoms. The molecule has 0 amide bonds. The minimum absolute atomic E-state index is 0.0462. The van der Waals surface area contributed by atoms with Gasteiger partial charge >= 0.3 is 0 Å². The first-order valence-corrected chi connectivity index (χ1v) is 8.40. The number of hydrogen-bond donors (Lipinski definition) is 1. The average molecular weight is 293 g/mol. The summed E-state index contributed by atoms with van der Waals surface area (Å²) in [6.45, 7) is 0. The molecule has 2 fully saturated rings. The number of nitrogens with one attached hydrogen (secondary N) is 1. The van der Waals surface area contributed by atoms with E-state index in [1.165, 1.54) is 24.0 Å². The van der Waals surface area contributed by atoms with Crippen molar-refractivity contribution >= 4 is 0 Å². The molecule has 0 radical (unpaired) electrons. The third-order valence-electron chi connectivity index (χ3n) is 4.96. The van der Waals surface area contributed by atoms with Gasteiger partial charge in [-0.2, -0.15) is 0 Å². The quantitative estimate of drug-likeness (QED) is 0.917. The molecular weight excluding hydrogens is 270 g/mol. The van der Waals surface area contributed by atoms with Gasteiger partial charge in [-0.1, -0.05) is 60.7 Å². The number of hydrogen-bond acceptors (Lipinski definition) is 2. The van der Waals surface area contributed by atoms with Crippen LogP contribution in [0.5, 0.6) is 0 Å². The van der Waals surface area contributed by atoms with Crippen LogP contribution in [-0.2, 0) is 4.74 Å². The fraction of sp³-hybridized carbons (Fsp3) is 0.400. The van der Waals surface area contributed by atoms with Crippen molar-refractivity contribution in [2.75, 3.05) is 0 Å². The lowest BCUT2D eigenvalue weighted by Crippen LogP contribution is -2.41. The minimum atomic E-state index is 0.0462. The summed E-state index contributed by atoms with van der Waals surface area (Å²) in [7, 11) is 0. The van der Waals surface area contributed by atoms with E-state index in [9.17, 15) is 0 Å². The van der Waals surface area contributed by atoms with E-state index in [4.69, 9.17) is 4.74 Å². The van der Waals surface area contributed by atoms with Crippen molar-refractivity contribution in [3.63, 3.8) is 0 Å². The van der Waals surface area contributed by atoms with Gasteiger partial charge in [-0.3, -0.25) is 0 Å². The number of fused-ring (bicyclic) bond motifs is 2. The molecule has 2 aliphatic rings. The van der Waals surface area contributed by atoms with Gasteiger partial charge in [-0.25, -0.2) is 0 Å². The zero-order valence-electron chi connectivity index (χ0n) is 12.8. The summed E-state index contributed by atoms with van der Waals surface area (Å²) in [5.74, 6) is 0. The Balaban J connectivity index is 1.58. The second-order valence-electron chi connectivity index (χ2n) is 6.57. The van der Waals surface area contributed by atoms with E-state index in [0.29, 0.717) is 18.2 Å². The van der Waals surface area contributed by atoms with Crippen LogP contribution in [0.4, 0.5) is 0 Å². The summed E-state index contributed by atoms with van der Waals surface area (Å²) in [4.78, 5) is 0. The third-order valence-corrected chi connectivity index (χ3v) is 4.96. The first-order chi connectivity index (χ1) is 10.9.